The fourth-order valence-electron chi connectivity index (χ4n) is 3.68. The van der Waals surface area contributed by atoms with Crippen molar-refractivity contribution in [2.45, 2.75) is 19.8 Å². The zero-order valence-electron chi connectivity index (χ0n) is 12.0. The van der Waals surface area contributed by atoms with Crippen LogP contribution in [0.4, 0.5) is 5.69 Å². The molecule has 2 aliphatic carbocycles. The molecule has 2 bridgehead atoms. The number of hydrogen-bond acceptors (Lipinski definition) is 2. The second-order valence-electron chi connectivity index (χ2n) is 5.84. The van der Waals surface area contributed by atoms with Gasteiger partial charge in [0.05, 0.1) is 11.8 Å². The molecule has 1 aromatic rings. The summed E-state index contributed by atoms with van der Waals surface area (Å²) in [7, 11) is 0. The second-order valence-corrected chi connectivity index (χ2v) is 5.84. The Hall–Kier alpha value is -2.10. The van der Waals surface area contributed by atoms with Crippen LogP contribution in [0.1, 0.15) is 18.9 Å². The molecule has 0 heterocycles. The monoisotopic (exact) mass is 285 g/mol. The number of carbonyl (C=O) groups is 2. The van der Waals surface area contributed by atoms with Gasteiger partial charge in [-0.05, 0) is 36.3 Å². The van der Waals surface area contributed by atoms with Gasteiger partial charge in [0, 0.05) is 5.69 Å². The van der Waals surface area contributed by atoms with Gasteiger partial charge in [-0.15, -0.1) is 0 Å². The molecule has 2 N–H and O–H groups in total. The summed E-state index contributed by atoms with van der Waals surface area (Å²) in [5.74, 6) is -2.01. The number of anilines is 1. The number of hydrogen-bond donors (Lipinski definition) is 2. The van der Waals surface area contributed by atoms with Gasteiger partial charge in [-0.1, -0.05) is 37.3 Å². The number of benzene rings is 1. The van der Waals surface area contributed by atoms with Gasteiger partial charge in [0.15, 0.2) is 0 Å². The van der Waals surface area contributed by atoms with E-state index in [2.05, 4.69) is 5.32 Å². The van der Waals surface area contributed by atoms with Crippen molar-refractivity contribution in [3.63, 3.8) is 0 Å². The molecule has 1 aromatic carbocycles. The predicted molar refractivity (Wildman–Crippen MR) is 79.8 cm³/mol. The van der Waals surface area contributed by atoms with Crippen LogP contribution in [0.15, 0.2) is 36.4 Å². The average Bonchev–Trinajstić information content (AvgIpc) is 3.08. The number of aliphatic carboxylic acids is 1. The van der Waals surface area contributed by atoms with E-state index in [1.165, 1.54) is 0 Å². The topological polar surface area (TPSA) is 66.4 Å². The predicted octanol–water partition coefficient (Wildman–Crippen LogP) is 2.71. The molecule has 110 valence electrons. The summed E-state index contributed by atoms with van der Waals surface area (Å²) in [4.78, 5) is 24.0. The van der Waals surface area contributed by atoms with E-state index >= 15 is 0 Å². The maximum absolute atomic E-state index is 12.6. The molecule has 0 radical (unpaired) electrons. The minimum atomic E-state index is -0.865. The standard InChI is InChI=1S/C17H19NO3/c1-2-10-5-3-4-6-13(10)18-16(19)14-11-7-8-12(9-11)15(14)17(20)21/h3-8,11-12,14-15H,2,9H2,1H3,(H,18,19)(H,20,21)/t11-,12-,14+,15+/m0/s1. The van der Waals surface area contributed by atoms with Crippen LogP contribution in [0, 0.1) is 23.7 Å². The van der Waals surface area contributed by atoms with Crippen molar-refractivity contribution in [1.29, 1.82) is 0 Å². The van der Waals surface area contributed by atoms with Crippen molar-refractivity contribution in [3.8, 4) is 0 Å². The molecule has 1 fully saturated rings. The maximum atomic E-state index is 12.6. The normalized spacial score (nSPS) is 29.6. The fourth-order valence-corrected chi connectivity index (χ4v) is 3.68. The van der Waals surface area contributed by atoms with Gasteiger partial charge in [-0.3, -0.25) is 9.59 Å². The van der Waals surface area contributed by atoms with Crippen LogP contribution < -0.4 is 5.32 Å². The summed E-state index contributed by atoms with van der Waals surface area (Å²) >= 11 is 0. The van der Waals surface area contributed by atoms with Crippen LogP contribution in [0.5, 0.6) is 0 Å². The minimum absolute atomic E-state index is 0.00432. The highest BCUT2D eigenvalue weighted by Gasteiger charge is 2.51. The highest BCUT2D eigenvalue weighted by Crippen LogP contribution is 2.48. The first kappa shape index (κ1) is 13.9. The molecule has 4 nitrogen and oxygen atoms in total. The van der Waals surface area contributed by atoms with Gasteiger partial charge < -0.3 is 10.4 Å². The molecule has 21 heavy (non-hydrogen) atoms. The van der Waals surface area contributed by atoms with E-state index in [1.54, 1.807) is 0 Å². The Morgan fingerprint density at radius 3 is 2.52 bits per heavy atom. The molecule has 4 atom stereocenters. The van der Waals surface area contributed by atoms with Crippen molar-refractivity contribution < 1.29 is 14.7 Å². The molecule has 0 saturated heterocycles. The Bertz CT molecular complexity index is 608. The smallest absolute Gasteiger partial charge is 0.307 e. The molecular formula is C17H19NO3. The highest BCUT2D eigenvalue weighted by molar-refractivity contribution is 5.96. The van der Waals surface area contributed by atoms with Crippen molar-refractivity contribution in [3.05, 3.63) is 42.0 Å². The molecule has 0 aliphatic heterocycles. The number of rotatable bonds is 4. The van der Waals surface area contributed by atoms with Gasteiger partial charge in [-0.25, -0.2) is 0 Å². The number of para-hydroxylation sites is 1. The van der Waals surface area contributed by atoms with E-state index in [-0.39, 0.29) is 17.7 Å². The van der Waals surface area contributed by atoms with Crippen LogP contribution in [-0.4, -0.2) is 17.0 Å². The Morgan fingerprint density at radius 1 is 1.19 bits per heavy atom. The van der Waals surface area contributed by atoms with Crippen LogP contribution >= 0.6 is 0 Å². The lowest BCUT2D eigenvalue weighted by molar-refractivity contribution is -0.146. The van der Waals surface area contributed by atoms with E-state index < -0.39 is 17.8 Å². The van der Waals surface area contributed by atoms with E-state index in [0.717, 1.165) is 24.1 Å². The molecule has 1 saturated carbocycles. The Morgan fingerprint density at radius 2 is 1.86 bits per heavy atom. The third kappa shape index (κ3) is 2.35. The van der Waals surface area contributed by atoms with Crippen LogP contribution in [0.3, 0.4) is 0 Å². The molecule has 0 spiro atoms. The number of fused-ring (bicyclic) bond motifs is 2. The SMILES string of the molecule is CCc1ccccc1NC(=O)[C@H]1[C@H](C(=O)O)[C@H]2C=C[C@H]1C2. The molecule has 1 amide bonds. The largest absolute Gasteiger partial charge is 0.481 e. The zero-order valence-corrected chi connectivity index (χ0v) is 12.0. The lowest BCUT2D eigenvalue weighted by atomic mass is 9.82. The highest BCUT2D eigenvalue weighted by atomic mass is 16.4. The molecule has 2 aliphatic rings. The van der Waals surface area contributed by atoms with Crippen LogP contribution in [0.2, 0.25) is 0 Å². The quantitative estimate of drug-likeness (QED) is 0.836. The van der Waals surface area contributed by atoms with Crippen LogP contribution in [0.25, 0.3) is 0 Å². The molecule has 0 unspecified atom stereocenters. The first-order chi connectivity index (χ1) is 10.1. The maximum Gasteiger partial charge on any atom is 0.307 e. The van der Waals surface area contributed by atoms with Crippen molar-refractivity contribution in [2.24, 2.45) is 23.7 Å². The summed E-state index contributed by atoms with van der Waals surface area (Å²) in [6.07, 6.45) is 5.56. The van der Waals surface area contributed by atoms with Crippen molar-refractivity contribution >= 4 is 17.6 Å². The third-order valence-corrected chi connectivity index (χ3v) is 4.70. The Balaban J connectivity index is 1.82. The lowest BCUT2D eigenvalue weighted by Gasteiger charge is -2.24. The number of aryl methyl sites for hydroxylation is 1. The summed E-state index contributed by atoms with van der Waals surface area (Å²) in [5.41, 5.74) is 1.86. The molecule has 0 aromatic heterocycles. The number of nitrogens with one attached hydrogen (secondary N) is 1. The van der Waals surface area contributed by atoms with E-state index in [4.69, 9.17) is 0 Å². The van der Waals surface area contributed by atoms with E-state index in [0.29, 0.717) is 0 Å². The van der Waals surface area contributed by atoms with E-state index in [9.17, 15) is 14.7 Å². The first-order valence-electron chi connectivity index (χ1n) is 7.41. The summed E-state index contributed by atoms with van der Waals surface area (Å²) in [6.45, 7) is 2.03. The van der Waals surface area contributed by atoms with Gasteiger partial charge in [-0.2, -0.15) is 0 Å². The summed E-state index contributed by atoms with van der Waals surface area (Å²) < 4.78 is 0. The number of amides is 1. The third-order valence-electron chi connectivity index (χ3n) is 4.70. The zero-order chi connectivity index (χ0) is 15.0. The number of carboxylic acid groups (broad SMARTS) is 1. The van der Waals surface area contributed by atoms with Gasteiger partial charge in [0.2, 0.25) is 5.91 Å². The number of carbonyl (C=O) groups excluding carboxylic acids is 1. The average molecular weight is 285 g/mol. The Labute approximate surface area is 123 Å². The van der Waals surface area contributed by atoms with E-state index in [1.807, 2.05) is 43.3 Å². The molecular weight excluding hydrogens is 266 g/mol. The number of allylic oxidation sites excluding steroid dienone is 2. The van der Waals surface area contributed by atoms with Crippen molar-refractivity contribution in [2.75, 3.05) is 5.32 Å². The first-order valence-corrected chi connectivity index (χ1v) is 7.41. The van der Waals surface area contributed by atoms with Crippen molar-refractivity contribution in [1.82, 2.24) is 0 Å². The fraction of sp³-hybridized carbons (Fsp3) is 0.412. The lowest BCUT2D eigenvalue weighted by Crippen LogP contribution is -2.36. The second kappa shape index (κ2) is 5.35. The van der Waals surface area contributed by atoms with Gasteiger partial charge >= 0.3 is 5.97 Å². The number of carboxylic acids is 1. The minimum Gasteiger partial charge on any atom is -0.481 e. The van der Waals surface area contributed by atoms with Crippen LogP contribution in [-0.2, 0) is 16.0 Å². The summed E-state index contributed by atoms with van der Waals surface area (Å²) in [6, 6.07) is 7.67. The van der Waals surface area contributed by atoms with Gasteiger partial charge in [0.25, 0.3) is 0 Å². The Kier molecular flexibility index (Phi) is 3.53. The molecule has 4 heteroatoms. The van der Waals surface area contributed by atoms with Gasteiger partial charge in [0.1, 0.15) is 0 Å². The summed E-state index contributed by atoms with van der Waals surface area (Å²) in [5, 5.41) is 12.3. The molecule has 3 rings (SSSR count).